The lowest BCUT2D eigenvalue weighted by molar-refractivity contribution is 0.129. The first-order valence-corrected chi connectivity index (χ1v) is 6.37. The van der Waals surface area contributed by atoms with E-state index in [1.165, 1.54) is 11.4 Å². The number of para-hydroxylation sites is 2. The Bertz CT molecular complexity index is 378. The summed E-state index contributed by atoms with van der Waals surface area (Å²) in [6, 6.07) is 8.71. The van der Waals surface area contributed by atoms with Gasteiger partial charge >= 0.3 is 0 Å². The van der Waals surface area contributed by atoms with Crippen molar-refractivity contribution in [2.24, 2.45) is 5.92 Å². The fourth-order valence-corrected chi connectivity index (χ4v) is 2.17. The topological polar surface area (TPSA) is 35.5 Å². The van der Waals surface area contributed by atoms with Crippen molar-refractivity contribution in [1.82, 2.24) is 0 Å². The van der Waals surface area contributed by atoms with Crippen molar-refractivity contribution < 1.29 is 5.11 Å². The number of hydrogen-bond acceptors (Lipinski definition) is 3. The van der Waals surface area contributed by atoms with E-state index in [-0.39, 0.29) is 6.10 Å². The molecule has 2 rings (SSSR count). The zero-order chi connectivity index (χ0) is 12.4. The van der Waals surface area contributed by atoms with Crippen molar-refractivity contribution in [2.45, 2.75) is 32.9 Å². The smallest absolute Gasteiger partial charge is 0.0738 e. The van der Waals surface area contributed by atoms with E-state index in [4.69, 9.17) is 0 Å². The van der Waals surface area contributed by atoms with Gasteiger partial charge in [-0.3, -0.25) is 0 Å². The van der Waals surface area contributed by atoms with E-state index in [9.17, 15) is 5.11 Å². The number of β-amino-alcohol motifs (C(OH)–C–C–N with tert-alkyl or cyclic N) is 1. The maximum absolute atomic E-state index is 10.1. The first-order chi connectivity index (χ1) is 8.09. The maximum atomic E-state index is 10.1. The average molecular weight is 234 g/mol. The molecule has 3 heteroatoms. The second-order valence-corrected chi connectivity index (χ2v) is 5.21. The maximum Gasteiger partial charge on any atom is 0.0738 e. The third-order valence-electron chi connectivity index (χ3n) is 3.49. The van der Waals surface area contributed by atoms with Crippen LogP contribution in [-0.4, -0.2) is 30.3 Å². The van der Waals surface area contributed by atoms with Gasteiger partial charge in [-0.15, -0.1) is 0 Å². The van der Waals surface area contributed by atoms with Crippen LogP contribution in [0.25, 0.3) is 0 Å². The molecule has 0 amide bonds. The Morgan fingerprint density at radius 2 is 2.12 bits per heavy atom. The lowest BCUT2D eigenvalue weighted by Gasteiger charge is -2.39. The van der Waals surface area contributed by atoms with Crippen molar-refractivity contribution in [2.75, 3.05) is 23.3 Å². The number of fused-ring (bicyclic) bond motifs is 1. The summed E-state index contributed by atoms with van der Waals surface area (Å²) < 4.78 is 0. The van der Waals surface area contributed by atoms with E-state index in [0.29, 0.717) is 18.5 Å². The minimum Gasteiger partial charge on any atom is -0.391 e. The molecule has 0 fully saturated rings. The van der Waals surface area contributed by atoms with E-state index >= 15 is 0 Å². The van der Waals surface area contributed by atoms with Crippen LogP contribution in [-0.2, 0) is 0 Å². The van der Waals surface area contributed by atoms with Crippen molar-refractivity contribution >= 4 is 11.4 Å². The van der Waals surface area contributed by atoms with Gasteiger partial charge in [0.05, 0.1) is 17.5 Å². The summed E-state index contributed by atoms with van der Waals surface area (Å²) in [5.41, 5.74) is 2.37. The van der Waals surface area contributed by atoms with Crippen molar-refractivity contribution in [3.63, 3.8) is 0 Å². The quantitative estimate of drug-likeness (QED) is 0.842. The van der Waals surface area contributed by atoms with Crippen LogP contribution in [0.5, 0.6) is 0 Å². The van der Waals surface area contributed by atoms with Crippen LogP contribution in [0.15, 0.2) is 24.3 Å². The normalized spacial score (nSPS) is 21.0. The number of aliphatic hydroxyl groups excluding tert-OH is 1. The van der Waals surface area contributed by atoms with Gasteiger partial charge in [0.1, 0.15) is 0 Å². The van der Waals surface area contributed by atoms with E-state index in [0.717, 1.165) is 6.54 Å². The van der Waals surface area contributed by atoms with E-state index in [2.05, 4.69) is 43.1 Å². The van der Waals surface area contributed by atoms with Crippen LogP contribution in [0.2, 0.25) is 0 Å². The molecule has 0 spiro atoms. The molecule has 0 aromatic heterocycles. The number of nitrogens with one attached hydrogen (secondary N) is 1. The lowest BCUT2D eigenvalue weighted by Crippen LogP contribution is -2.46. The predicted octanol–water partition coefficient (Wildman–Crippen LogP) is 2.32. The van der Waals surface area contributed by atoms with E-state index < -0.39 is 0 Å². The largest absolute Gasteiger partial charge is 0.391 e. The van der Waals surface area contributed by atoms with Crippen molar-refractivity contribution in [3.8, 4) is 0 Å². The highest BCUT2D eigenvalue weighted by molar-refractivity contribution is 5.72. The van der Waals surface area contributed by atoms with Crippen LogP contribution in [0, 0.1) is 5.92 Å². The van der Waals surface area contributed by atoms with Gasteiger partial charge in [0.15, 0.2) is 0 Å². The molecular weight excluding hydrogens is 212 g/mol. The molecule has 2 unspecified atom stereocenters. The van der Waals surface area contributed by atoms with Crippen LogP contribution >= 0.6 is 0 Å². The molecule has 1 heterocycles. The summed E-state index contributed by atoms with van der Waals surface area (Å²) >= 11 is 0. The molecule has 0 aliphatic carbocycles. The van der Waals surface area contributed by atoms with Crippen LogP contribution in [0.3, 0.4) is 0 Å². The van der Waals surface area contributed by atoms with Crippen LogP contribution in [0.1, 0.15) is 20.8 Å². The molecule has 0 radical (unpaired) electrons. The molecule has 1 aliphatic rings. The molecular formula is C14H22N2O. The third kappa shape index (κ3) is 2.55. The lowest BCUT2D eigenvalue weighted by atomic mass is 10.0. The fourth-order valence-electron chi connectivity index (χ4n) is 2.17. The monoisotopic (exact) mass is 234 g/mol. The number of benzene rings is 1. The van der Waals surface area contributed by atoms with Gasteiger partial charge in [-0.05, 0) is 25.0 Å². The summed E-state index contributed by atoms with van der Waals surface area (Å²) in [7, 11) is 0. The molecule has 3 nitrogen and oxygen atoms in total. The molecule has 0 saturated heterocycles. The highest BCUT2D eigenvalue weighted by Crippen LogP contribution is 2.31. The fraction of sp³-hybridized carbons (Fsp3) is 0.571. The Hall–Kier alpha value is -1.22. The van der Waals surface area contributed by atoms with Crippen LogP contribution < -0.4 is 10.2 Å². The summed E-state index contributed by atoms with van der Waals surface area (Å²) in [6.07, 6.45) is -0.274. The van der Waals surface area contributed by atoms with Gasteiger partial charge in [0.2, 0.25) is 0 Å². The van der Waals surface area contributed by atoms with Gasteiger partial charge < -0.3 is 15.3 Å². The summed E-state index contributed by atoms with van der Waals surface area (Å²) in [5, 5.41) is 13.5. The zero-order valence-electron chi connectivity index (χ0n) is 10.9. The van der Waals surface area contributed by atoms with Crippen molar-refractivity contribution in [3.05, 3.63) is 24.3 Å². The predicted molar refractivity (Wildman–Crippen MR) is 72.6 cm³/mol. The number of nitrogens with zero attached hydrogens (tertiary/aromatic N) is 1. The van der Waals surface area contributed by atoms with Gasteiger partial charge in [-0.25, -0.2) is 0 Å². The Labute approximate surface area is 103 Å². The molecule has 17 heavy (non-hydrogen) atoms. The standard InChI is InChI=1S/C14H22N2O/c1-10(2)14(17)9-16-11(3)8-15-12-6-4-5-7-13(12)16/h4-7,10-11,14-15,17H,8-9H2,1-3H3. The summed E-state index contributed by atoms with van der Waals surface area (Å²) in [5.74, 6) is 0.296. The first kappa shape index (κ1) is 12.2. The number of aliphatic hydroxyl groups is 1. The summed E-state index contributed by atoms with van der Waals surface area (Å²) in [6.45, 7) is 7.95. The molecule has 0 bridgehead atoms. The van der Waals surface area contributed by atoms with Gasteiger partial charge in [-0.2, -0.15) is 0 Å². The SMILES string of the molecule is CC(C)C(O)CN1c2ccccc2NCC1C. The number of hydrogen-bond donors (Lipinski definition) is 2. The first-order valence-electron chi connectivity index (χ1n) is 6.37. The summed E-state index contributed by atoms with van der Waals surface area (Å²) in [4.78, 5) is 2.30. The molecule has 1 aromatic rings. The van der Waals surface area contributed by atoms with Crippen LogP contribution in [0.4, 0.5) is 11.4 Å². The zero-order valence-corrected chi connectivity index (χ0v) is 10.9. The van der Waals surface area contributed by atoms with E-state index in [1.54, 1.807) is 0 Å². The van der Waals surface area contributed by atoms with Gasteiger partial charge in [-0.1, -0.05) is 26.0 Å². The van der Waals surface area contributed by atoms with Gasteiger partial charge in [0.25, 0.3) is 0 Å². The van der Waals surface area contributed by atoms with Gasteiger partial charge in [0, 0.05) is 19.1 Å². The minimum absolute atomic E-state index is 0.274. The molecule has 1 aliphatic heterocycles. The average Bonchev–Trinajstić information content (AvgIpc) is 2.32. The Balaban J connectivity index is 2.21. The highest BCUT2D eigenvalue weighted by Gasteiger charge is 2.25. The van der Waals surface area contributed by atoms with E-state index in [1.807, 2.05) is 12.1 Å². The Morgan fingerprint density at radius 3 is 2.82 bits per heavy atom. The molecule has 0 saturated carbocycles. The Morgan fingerprint density at radius 1 is 1.41 bits per heavy atom. The number of rotatable bonds is 3. The minimum atomic E-state index is -0.274. The molecule has 94 valence electrons. The number of anilines is 2. The third-order valence-corrected chi connectivity index (χ3v) is 3.49. The second-order valence-electron chi connectivity index (χ2n) is 5.21. The van der Waals surface area contributed by atoms with Crippen molar-refractivity contribution in [1.29, 1.82) is 0 Å². The molecule has 1 aromatic carbocycles. The highest BCUT2D eigenvalue weighted by atomic mass is 16.3. The Kier molecular flexibility index (Phi) is 3.57. The molecule has 2 atom stereocenters. The second kappa shape index (κ2) is 4.96. The molecule has 2 N–H and O–H groups in total.